The fourth-order valence-corrected chi connectivity index (χ4v) is 2.15. The molecule has 0 saturated heterocycles. The molecule has 1 N–H and O–H groups in total. The molecule has 0 saturated carbocycles. The normalized spacial score (nSPS) is 10.5. The van der Waals surface area contributed by atoms with Crippen molar-refractivity contribution in [1.82, 2.24) is 9.78 Å². The Balaban J connectivity index is 1.77. The number of rotatable bonds is 3. The molecule has 0 aliphatic carbocycles. The Hall–Kier alpha value is -2.95. The van der Waals surface area contributed by atoms with E-state index in [-0.39, 0.29) is 11.7 Å². The van der Waals surface area contributed by atoms with E-state index in [1.54, 1.807) is 36.0 Å². The van der Waals surface area contributed by atoms with Gasteiger partial charge in [-0.3, -0.25) is 4.79 Å². The maximum atomic E-state index is 13.1. The molecule has 4 nitrogen and oxygen atoms in total. The molecular weight excluding hydrogens is 281 g/mol. The van der Waals surface area contributed by atoms with Crippen LogP contribution in [-0.4, -0.2) is 15.7 Å². The first kappa shape index (κ1) is 14.0. The minimum atomic E-state index is -0.320. The Bertz CT molecular complexity index is 795. The SMILES string of the molecule is Cc1cc(F)ccc1NC(=O)c1ccc(-n2cccn2)cc1. The summed E-state index contributed by atoms with van der Waals surface area (Å²) in [6, 6.07) is 13.2. The van der Waals surface area contributed by atoms with Gasteiger partial charge in [0.15, 0.2) is 0 Å². The van der Waals surface area contributed by atoms with E-state index in [4.69, 9.17) is 0 Å². The molecule has 3 aromatic rings. The first-order valence-electron chi connectivity index (χ1n) is 6.81. The lowest BCUT2D eigenvalue weighted by atomic mass is 10.1. The van der Waals surface area contributed by atoms with Crippen LogP contribution < -0.4 is 5.32 Å². The third kappa shape index (κ3) is 2.88. The molecule has 1 amide bonds. The Morgan fingerprint density at radius 1 is 1.18 bits per heavy atom. The van der Waals surface area contributed by atoms with Gasteiger partial charge >= 0.3 is 0 Å². The second-order valence-corrected chi connectivity index (χ2v) is 4.91. The van der Waals surface area contributed by atoms with E-state index in [1.807, 2.05) is 24.4 Å². The molecule has 1 heterocycles. The first-order valence-corrected chi connectivity index (χ1v) is 6.81. The van der Waals surface area contributed by atoms with Crippen molar-refractivity contribution < 1.29 is 9.18 Å². The minimum Gasteiger partial charge on any atom is -0.322 e. The van der Waals surface area contributed by atoms with Gasteiger partial charge in [-0.05, 0) is 61.0 Å². The van der Waals surface area contributed by atoms with Crippen LogP contribution in [0.4, 0.5) is 10.1 Å². The van der Waals surface area contributed by atoms with Gasteiger partial charge in [0.1, 0.15) is 5.82 Å². The summed E-state index contributed by atoms with van der Waals surface area (Å²) < 4.78 is 14.8. The summed E-state index contributed by atoms with van der Waals surface area (Å²) in [5, 5.41) is 6.91. The van der Waals surface area contributed by atoms with Crippen molar-refractivity contribution in [2.75, 3.05) is 5.32 Å². The van der Waals surface area contributed by atoms with Crippen LogP contribution in [0.3, 0.4) is 0 Å². The van der Waals surface area contributed by atoms with Crippen molar-refractivity contribution >= 4 is 11.6 Å². The molecule has 3 rings (SSSR count). The maximum Gasteiger partial charge on any atom is 0.255 e. The zero-order valence-electron chi connectivity index (χ0n) is 12.0. The van der Waals surface area contributed by atoms with Crippen LogP contribution in [0.25, 0.3) is 5.69 Å². The summed E-state index contributed by atoms with van der Waals surface area (Å²) in [6.45, 7) is 1.75. The van der Waals surface area contributed by atoms with Crippen molar-refractivity contribution in [3.05, 3.63) is 77.9 Å². The van der Waals surface area contributed by atoms with Gasteiger partial charge in [-0.1, -0.05) is 0 Å². The lowest BCUT2D eigenvalue weighted by molar-refractivity contribution is 0.102. The van der Waals surface area contributed by atoms with Gasteiger partial charge in [-0.2, -0.15) is 5.10 Å². The second kappa shape index (κ2) is 5.81. The lowest BCUT2D eigenvalue weighted by Crippen LogP contribution is -2.13. The number of hydrogen-bond donors (Lipinski definition) is 1. The van der Waals surface area contributed by atoms with Gasteiger partial charge in [0.25, 0.3) is 5.91 Å². The third-order valence-corrected chi connectivity index (χ3v) is 3.34. The number of hydrogen-bond acceptors (Lipinski definition) is 2. The Kier molecular flexibility index (Phi) is 3.70. The van der Waals surface area contributed by atoms with Gasteiger partial charge in [0.05, 0.1) is 5.69 Å². The number of aryl methyl sites for hydroxylation is 1. The molecule has 0 spiro atoms. The quantitative estimate of drug-likeness (QED) is 0.803. The van der Waals surface area contributed by atoms with E-state index in [0.29, 0.717) is 16.8 Å². The fourth-order valence-electron chi connectivity index (χ4n) is 2.15. The van der Waals surface area contributed by atoms with Gasteiger partial charge in [0.2, 0.25) is 0 Å². The molecule has 0 bridgehead atoms. The Morgan fingerprint density at radius 3 is 2.59 bits per heavy atom. The van der Waals surface area contributed by atoms with Crippen molar-refractivity contribution in [3.8, 4) is 5.69 Å². The van der Waals surface area contributed by atoms with Crippen LogP contribution in [0.2, 0.25) is 0 Å². The summed E-state index contributed by atoms with van der Waals surface area (Å²) in [4.78, 5) is 12.2. The van der Waals surface area contributed by atoms with Crippen LogP contribution >= 0.6 is 0 Å². The summed E-state index contributed by atoms with van der Waals surface area (Å²) in [5.41, 5.74) is 2.68. The zero-order chi connectivity index (χ0) is 15.5. The number of anilines is 1. The maximum absolute atomic E-state index is 13.1. The number of carbonyl (C=O) groups excluding carboxylic acids is 1. The molecule has 0 unspecified atom stereocenters. The predicted molar refractivity (Wildman–Crippen MR) is 82.7 cm³/mol. The van der Waals surface area contributed by atoms with Crippen LogP contribution in [0.15, 0.2) is 60.9 Å². The Morgan fingerprint density at radius 2 is 1.95 bits per heavy atom. The Labute approximate surface area is 127 Å². The van der Waals surface area contributed by atoms with E-state index in [0.717, 1.165) is 5.69 Å². The second-order valence-electron chi connectivity index (χ2n) is 4.91. The molecule has 0 aliphatic rings. The smallest absolute Gasteiger partial charge is 0.255 e. The molecule has 1 aromatic heterocycles. The number of amides is 1. The highest BCUT2D eigenvalue weighted by atomic mass is 19.1. The molecule has 0 fully saturated rings. The highest BCUT2D eigenvalue weighted by Crippen LogP contribution is 2.17. The van der Waals surface area contributed by atoms with Crippen LogP contribution in [0.1, 0.15) is 15.9 Å². The van der Waals surface area contributed by atoms with E-state index < -0.39 is 0 Å². The number of nitrogens with zero attached hydrogens (tertiary/aromatic N) is 2. The lowest BCUT2D eigenvalue weighted by Gasteiger charge is -2.09. The average molecular weight is 295 g/mol. The number of nitrogens with one attached hydrogen (secondary N) is 1. The number of halogens is 1. The van der Waals surface area contributed by atoms with Crippen molar-refractivity contribution in [3.63, 3.8) is 0 Å². The molecule has 0 atom stereocenters. The first-order chi connectivity index (χ1) is 10.6. The molecular formula is C17H14FN3O. The molecule has 2 aromatic carbocycles. The van der Waals surface area contributed by atoms with E-state index in [1.165, 1.54) is 12.1 Å². The van der Waals surface area contributed by atoms with Crippen LogP contribution in [-0.2, 0) is 0 Å². The van der Waals surface area contributed by atoms with Gasteiger partial charge in [-0.15, -0.1) is 0 Å². The van der Waals surface area contributed by atoms with E-state index in [9.17, 15) is 9.18 Å². The van der Waals surface area contributed by atoms with Gasteiger partial charge in [0, 0.05) is 23.6 Å². The number of benzene rings is 2. The number of carbonyl (C=O) groups is 1. The van der Waals surface area contributed by atoms with Gasteiger partial charge in [-0.25, -0.2) is 9.07 Å². The summed E-state index contributed by atoms with van der Waals surface area (Å²) >= 11 is 0. The standard InChI is InChI=1S/C17H14FN3O/c1-12-11-14(18)5-8-16(12)20-17(22)13-3-6-15(7-4-13)21-10-2-9-19-21/h2-11H,1H3,(H,20,22). The molecule has 110 valence electrons. The summed E-state index contributed by atoms with van der Waals surface area (Å²) in [5.74, 6) is -0.555. The van der Waals surface area contributed by atoms with Crippen molar-refractivity contribution in [2.24, 2.45) is 0 Å². The zero-order valence-corrected chi connectivity index (χ0v) is 12.0. The average Bonchev–Trinajstić information content (AvgIpc) is 3.04. The van der Waals surface area contributed by atoms with Crippen LogP contribution in [0.5, 0.6) is 0 Å². The third-order valence-electron chi connectivity index (χ3n) is 3.34. The molecule has 5 heteroatoms. The highest BCUT2D eigenvalue weighted by molar-refractivity contribution is 6.04. The minimum absolute atomic E-state index is 0.235. The summed E-state index contributed by atoms with van der Waals surface area (Å²) in [7, 11) is 0. The molecule has 0 aliphatic heterocycles. The van der Waals surface area contributed by atoms with Crippen LogP contribution in [0, 0.1) is 12.7 Å². The monoisotopic (exact) mass is 295 g/mol. The topological polar surface area (TPSA) is 46.9 Å². The number of aromatic nitrogens is 2. The largest absolute Gasteiger partial charge is 0.322 e. The van der Waals surface area contributed by atoms with E-state index in [2.05, 4.69) is 10.4 Å². The van der Waals surface area contributed by atoms with Gasteiger partial charge < -0.3 is 5.32 Å². The molecule has 22 heavy (non-hydrogen) atoms. The van der Waals surface area contributed by atoms with E-state index >= 15 is 0 Å². The summed E-state index contributed by atoms with van der Waals surface area (Å²) in [6.07, 6.45) is 3.52. The van der Waals surface area contributed by atoms with Crippen molar-refractivity contribution in [1.29, 1.82) is 0 Å². The fraction of sp³-hybridized carbons (Fsp3) is 0.0588. The van der Waals surface area contributed by atoms with Crippen molar-refractivity contribution in [2.45, 2.75) is 6.92 Å². The molecule has 0 radical (unpaired) electrons. The predicted octanol–water partition coefficient (Wildman–Crippen LogP) is 3.57. The highest BCUT2D eigenvalue weighted by Gasteiger charge is 2.08.